The molecule has 0 aromatic heterocycles. The molecule has 1 aliphatic rings. The summed E-state index contributed by atoms with van der Waals surface area (Å²) in [5.74, 6) is -0.282. The second-order valence-corrected chi connectivity index (χ2v) is 5.08. The van der Waals surface area contributed by atoms with Crippen molar-refractivity contribution in [3.05, 3.63) is 29.8 Å². The molecule has 106 valence electrons. The quantitative estimate of drug-likeness (QED) is 0.889. The summed E-state index contributed by atoms with van der Waals surface area (Å²) in [5, 5.41) is 9.18. The lowest BCUT2D eigenvalue weighted by Crippen LogP contribution is -2.44. The molecular formula is C15H20N4O. The number of nitriles is 1. The molecule has 5 nitrogen and oxygen atoms in total. The number of carbonyl (C=O) groups is 1. The van der Waals surface area contributed by atoms with Crippen LogP contribution in [0.25, 0.3) is 0 Å². The number of para-hydroxylation sites is 1. The van der Waals surface area contributed by atoms with E-state index in [-0.39, 0.29) is 11.9 Å². The van der Waals surface area contributed by atoms with Gasteiger partial charge in [0.1, 0.15) is 6.07 Å². The molecule has 0 bridgehead atoms. The van der Waals surface area contributed by atoms with Gasteiger partial charge in [-0.25, -0.2) is 0 Å². The predicted molar refractivity (Wildman–Crippen MR) is 78.2 cm³/mol. The van der Waals surface area contributed by atoms with E-state index in [9.17, 15) is 10.1 Å². The zero-order valence-corrected chi connectivity index (χ0v) is 11.7. The molecule has 0 aliphatic carbocycles. The van der Waals surface area contributed by atoms with Crippen LogP contribution >= 0.6 is 0 Å². The van der Waals surface area contributed by atoms with Crippen LogP contribution in [-0.2, 0) is 4.79 Å². The fourth-order valence-corrected chi connectivity index (χ4v) is 2.59. The fourth-order valence-electron chi connectivity index (χ4n) is 2.59. The first-order chi connectivity index (χ1) is 9.63. The van der Waals surface area contributed by atoms with Crippen molar-refractivity contribution in [2.24, 2.45) is 5.73 Å². The SMILES string of the molecule is C[C@@H](C(N)=O)N1CCCN(c2ccccc2C#N)CC1. The van der Waals surface area contributed by atoms with Crippen molar-refractivity contribution < 1.29 is 4.79 Å². The zero-order chi connectivity index (χ0) is 14.5. The largest absolute Gasteiger partial charge is 0.369 e. The number of rotatable bonds is 3. The van der Waals surface area contributed by atoms with Gasteiger partial charge in [0, 0.05) is 26.2 Å². The minimum absolute atomic E-state index is 0.235. The summed E-state index contributed by atoms with van der Waals surface area (Å²) in [6.45, 7) is 5.18. The molecule has 20 heavy (non-hydrogen) atoms. The van der Waals surface area contributed by atoms with Gasteiger partial charge in [-0.3, -0.25) is 9.69 Å². The predicted octanol–water partition coefficient (Wildman–Crippen LogP) is 0.944. The molecule has 1 saturated heterocycles. The lowest BCUT2D eigenvalue weighted by molar-refractivity contribution is -0.122. The Balaban J connectivity index is 2.10. The normalized spacial score (nSPS) is 18.1. The highest BCUT2D eigenvalue weighted by molar-refractivity contribution is 5.79. The summed E-state index contributed by atoms with van der Waals surface area (Å²) in [4.78, 5) is 15.6. The topological polar surface area (TPSA) is 73.4 Å². The number of anilines is 1. The number of hydrogen-bond donors (Lipinski definition) is 1. The Morgan fingerprint density at radius 2 is 2.05 bits per heavy atom. The highest BCUT2D eigenvalue weighted by atomic mass is 16.1. The van der Waals surface area contributed by atoms with Crippen molar-refractivity contribution in [2.75, 3.05) is 31.1 Å². The lowest BCUT2D eigenvalue weighted by atomic mass is 10.1. The molecule has 1 atom stereocenters. The van der Waals surface area contributed by atoms with Crippen molar-refractivity contribution in [3.63, 3.8) is 0 Å². The van der Waals surface area contributed by atoms with Crippen LogP contribution in [0.3, 0.4) is 0 Å². The molecule has 2 N–H and O–H groups in total. The number of primary amides is 1. The molecule has 1 heterocycles. The molecule has 2 rings (SSSR count). The first-order valence-corrected chi connectivity index (χ1v) is 6.91. The number of nitrogens with zero attached hydrogens (tertiary/aromatic N) is 3. The van der Waals surface area contributed by atoms with Crippen LogP contribution in [0.15, 0.2) is 24.3 Å². The number of amides is 1. The Labute approximate surface area is 119 Å². The van der Waals surface area contributed by atoms with Crippen molar-refractivity contribution in [1.82, 2.24) is 4.90 Å². The maximum Gasteiger partial charge on any atom is 0.234 e. The molecule has 5 heteroatoms. The molecule has 0 radical (unpaired) electrons. The summed E-state index contributed by atoms with van der Waals surface area (Å²) in [6.07, 6.45) is 0.956. The van der Waals surface area contributed by atoms with Gasteiger partial charge in [0.15, 0.2) is 0 Å². The van der Waals surface area contributed by atoms with Crippen LogP contribution in [0.2, 0.25) is 0 Å². The Morgan fingerprint density at radius 1 is 1.30 bits per heavy atom. The van der Waals surface area contributed by atoms with E-state index in [4.69, 9.17) is 5.73 Å². The summed E-state index contributed by atoms with van der Waals surface area (Å²) < 4.78 is 0. The van der Waals surface area contributed by atoms with E-state index in [1.165, 1.54) is 0 Å². The van der Waals surface area contributed by atoms with Gasteiger partial charge in [0.05, 0.1) is 17.3 Å². The van der Waals surface area contributed by atoms with Crippen molar-refractivity contribution in [2.45, 2.75) is 19.4 Å². The van der Waals surface area contributed by atoms with Crippen molar-refractivity contribution >= 4 is 11.6 Å². The average molecular weight is 272 g/mol. The average Bonchev–Trinajstić information content (AvgIpc) is 2.72. The Kier molecular flexibility index (Phi) is 4.59. The van der Waals surface area contributed by atoms with Gasteiger partial charge in [0.2, 0.25) is 5.91 Å². The van der Waals surface area contributed by atoms with Gasteiger partial charge in [-0.05, 0) is 25.5 Å². The highest BCUT2D eigenvalue weighted by Gasteiger charge is 2.23. The maximum atomic E-state index is 11.3. The van der Waals surface area contributed by atoms with E-state index in [1.54, 1.807) is 0 Å². The van der Waals surface area contributed by atoms with E-state index >= 15 is 0 Å². The standard InChI is InChI=1S/C15H20N4O/c1-12(15(17)20)18-7-4-8-19(10-9-18)14-6-3-2-5-13(14)11-16/h2-3,5-6,12H,4,7-10H2,1H3,(H2,17,20)/t12-/m0/s1. The van der Waals surface area contributed by atoms with Gasteiger partial charge in [-0.2, -0.15) is 5.26 Å². The Morgan fingerprint density at radius 3 is 2.75 bits per heavy atom. The number of hydrogen-bond acceptors (Lipinski definition) is 4. The van der Waals surface area contributed by atoms with Crippen molar-refractivity contribution in [1.29, 1.82) is 5.26 Å². The lowest BCUT2D eigenvalue weighted by Gasteiger charge is -2.26. The molecule has 1 amide bonds. The van der Waals surface area contributed by atoms with E-state index in [1.807, 2.05) is 31.2 Å². The van der Waals surface area contributed by atoms with Gasteiger partial charge in [-0.15, -0.1) is 0 Å². The fraction of sp³-hybridized carbons (Fsp3) is 0.467. The minimum atomic E-state index is -0.282. The Hall–Kier alpha value is -2.06. The monoisotopic (exact) mass is 272 g/mol. The Bertz CT molecular complexity index is 523. The first kappa shape index (κ1) is 14.4. The molecule has 0 unspecified atom stereocenters. The molecule has 1 fully saturated rings. The van der Waals surface area contributed by atoms with E-state index < -0.39 is 0 Å². The van der Waals surface area contributed by atoms with Gasteiger partial charge in [0.25, 0.3) is 0 Å². The second kappa shape index (κ2) is 6.40. The van der Waals surface area contributed by atoms with Crippen LogP contribution in [0.1, 0.15) is 18.9 Å². The molecular weight excluding hydrogens is 252 g/mol. The third kappa shape index (κ3) is 3.09. The van der Waals surface area contributed by atoms with E-state index in [2.05, 4.69) is 15.9 Å². The van der Waals surface area contributed by atoms with Crippen LogP contribution in [0.4, 0.5) is 5.69 Å². The summed E-state index contributed by atoms with van der Waals surface area (Å²) >= 11 is 0. The van der Waals surface area contributed by atoms with E-state index in [0.29, 0.717) is 5.56 Å². The molecule has 0 spiro atoms. The van der Waals surface area contributed by atoms with Crippen LogP contribution < -0.4 is 10.6 Å². The second-order valence-electron chi connectivity index (χ2n) is 5.08. The minimum Gasteiger partial charge on any atom is -0.369 e. The maximum absolute atomic E-state index is 11.3. The van der Waals surface area contributed by atoms with Gasteiger partial charge >= 0.3 is 0 Å². The molecule has 0 saturated carbocycles. The van der Waals surface area contributed by atoms with Crippen LogP contribution in [-0.4, -0.2) is 43.0 Å². The van der Waals surface area contributed by atoms with Crippen LogP contribution in [0, 0.1) is 11.3 Å². The molecule has 1 aromatic carbocycles. The molecule has 1 aliphatic heterocycles. The highest BCUT2D eigenvalue weighted by Crippen LogP contribution is 2.21. The summed E-state index contributed by atoms with van der Waals surface area (Å²) in [7, 11) is 0. The van der Waals surface area contributed by atoms with Crippen molar-refractivity contribution in [3.8, 4) is 6.07 Å². The first-order valence-electron chi connectivity index (χ1n) is 6.91. The number of carbonyl (C=O) groups excluding carboxylic acids is 1. The number of benzene rings is 1. The third-order valence-corrected chi connectivity index (χ3v) is 3.86. The van der Waals surface area contributed by atoms with Gasteiger partial charge in [-0.1, -0.05) is 12.1 Å². The number of nitrogens with two attached hydrogens (primary N) is 1. The zero-order valence-electron chi connectivity index (χ0n) is 11.7. The third-order valence-electron chi connectivity index (χ3n) is 3.86. The summed E-state index contributed by atoms with van der Waals surface area (Å²) in [5.41, 5.74) is 7.05. The van der Waals surface area contributed by atoms with Gasteiger partial charge < -0.3 is 10.6 Å². The van der Waals surface area contributed by atoms with E-state index in [0.717, 1.165) is 38.3 Å². The molecule has 1 aromatic rings. The smallest absolute Gasteiger partial charge is 0.234 e. The van der Waals surface area contributed by atoms with Crippen LogP contribution in [0.5, 0.6) is 0 Å². The summed E-state index contributed by atoms with van der Waals surface area (Å²) in [6, 6.07) is 9.64.